The van der Waals surface area contributed by atoms with Crippen molar-refractivity contribution in [1.29, 1.82) is 0 Å². The van der Waals surface area contributed by atoms with Gasteiger partial charge in [0.2, 0.25) is 0 Å². The Morgan fingerprint density at radius 1 is 1.26 bits per heavy atom. The van der Waals surface area contributed by atoms with Crippen molar-refractivity contribution in [3.05, 3.63) is 0 Å². The molecule has 0 aromatic carbocycles. The van der Waals surface area contributed by atoms with E-state index < -0.39 is 5.41 Å². The topological polar surface area (TPSA) is 35.5 Å². The minimum Gasteiger partial charge on any atom is -0.464 e. The van der Waals surface area contributed by atoms with Crippen molar-refractivity contribution in [1.82, 2.24) is 0 Å². The van der Waals surface area contributed by atoms with Gasteiger partial charge in [-0.15, -0.1) is 11.8 Å². The van der Waals surface area contributed by atoms with Gasteiger partial charge in [-0.1, -0.05) is 20.8 Å². The summed E-state index contributed by atoms with van der Waals surface area (Å²) in [4.78, 5) is 11.9. The van der Waals surface area contributed by atoms with E-state index in [9.17, 15) is 4.79 Å². The van der Waals surface area contributed by atoms with Gasteiger partial charge in [0.1, 0.15) is 6.61 Å². The zero-order valence-electron chi connectivity index (χ0n) is 13.2. The van der Waals surface area contributed by atoms with E-state index in [2.05, 4.69) is 20.8 Å². The average molecular weight is 288 g/mol. The molecule has 4 heteroatoms. The Hall–Kier alpha value is -0.220. The molecule has 112 valence electrons. The molecule has 0 radical (unpaired) electrons. The van der Waals surface area contributed by atoms with E-state index in [-0.39, 0.29) is 15.5 Å². The van der Waals surface area contributed by atoms with E-state index in [4.69, 9.17) is 9.47 Å². The maximum Gasteiger partial charge on any atom is 0.311 e. The first-order valence-corrected chi connectivity index (χ1v) is 7.81. The van der Waals surface area contributed by atoms with Gasteiger partial charge in [-0.25, -0.2) is 0 Å². The van der Waals surface area contributed by atoms with Gasteiger partial charge in [-0.3, -0.25) is 4.79 Å². The molecule has 3 nitrogen and oxygen atoms in total. The molecule has 1 heterocycles. The molecule has 0 N–H and O–H groups in total. The first kappa shape index (κ1) is 16.8. The predicted octanol–water partition coefficient (Wildman–Crippen LogP) is 3.66. The fourth-order valence-electron chi connectivity index (χ4n) is 2.11. The minimum absolute atomic E-state index is 0.0859. The summed E-state index contributed by atoms with van der Waals surface area (Å²) in [6.07, 6.45) is 2.09. The molecule has 0 saturated carbocycles. The lowest BCUT2D eigenvalue weighted by Crippen LogP contribution is -2.44. The van der Waals surface area contributed by atoms with E-state index >= 15 is 0 Å². The van der Waals surface area contributed by atoms with Crippen LogP contribution in [0.25, 0.3) is 0 Å². The van der Waals surface area contributed by atoms with Crippen molar-refractivity contribution in [2.45, 2.75) is 63.9 Å². The molecule has 0 amide bonds. The molecule has 1 unspecified atom stereocenters. The average Bonchev–Trinajstić information content (AvgIpc) is 2.23. The molecule has 1 aliphatic heterocycles. The van der Waals surface area contributed by atoms with Crippen LogP contribution < -0.4 is 0 Å². The first-order chi connectivity index (χ1) is 8.54. The van der Waals surface area contributed by atoms with E-state index in [0.717, 1.165) is 19.4 Å². The molecule has 1 atom stereocenters. The van der Waals surface area contributed by atoms with Crippen molar-refractivity contribution < 1.29 is 14.3 Å². The Morgan fingerprint density at radius 2 is 1.89 bits per heavy atom. The molecule has 0 aromatic rings. The molecule has 1 rings (SSSR count). The number of hydrogen-bond acceptors (Lipinski definition) is 4. The second-order valence-electron chi connectivity index (χ2n) is 7.38. The van der Waals surface area contributed by atoms with Gasteiger partial charge < -0.3 is 9.47 Å². The van der Waals surface area contributed by atoms with Crippen LogP contribution in [0, 0.1) is 5.41 Å². The van der Waals surface area contributed by atoms with Crippen LogP contribution in [0.5, 0.6) is 0 Å². The number of rotatable bonds is 3. The van der Waals surface area contributed by atoms with Crippen molar-refractivity contribution in [2.75, 3.05) is 19.8 Å². The lowest BCUT2D eigenvalue weighted by molar-refractivity contribution is -0.154. The second-order valence-corrected chi connectivity index (χ2v) is 9.67. The highest BCUT2D eigenvalue weighted by Crippen LogP contribution is 2.42. The summed E-state index contributed by atoms with van der Waals surface area (Å²) in [5.41, 5.74) is -0.441. The highest BCUT2D eigenvalue weighted by Gasteiger charge is 2.39. The number of carbonyl (C=O) groups is 1. The van der Waals surface area contributed by atoms with Gasteiger partial charge in [0.25, 0.3) is 0 Å². The monoisotopic (exact) mass is 288 g/mol. The van der Waals surface area contributed by atoms with Crippen LogP contribution in [0.2, 0.25) is 0 Å². The summed E-state index contributed by atoms with van der Waals surface area (Å²) in [7, 11) is 0. The number of thioether (sulfide) groups is 1. The van der Waals surface area contributed by atoms with E-state index in [1.165, 1.54) is 0 Å². The molecule has 19 heavy (non-hydrogen) atoms. The molecular formula is C15H28O3S. The van der Waals surface area contributed by atoms with Crippen LogP contribution in [-0.4, -0.2) is 35.3 Å². The van der Waals surface area contributed by atoms with Crippen LogP contribution in [0.4, 0.5) is 0 Å². The van der Waals surface area contributed by atoms with Gasteiger partial charge in [0.05, 0.1) is 16.8 Å². The normalized spacial score (nSPS) is 25.2. The van der Waals surface area contributed by atoms with Crippen molar-refractivity contribution >= 4 is 17.7 Å². The SMILES string of the molecule is CC(C)(C)SC1(COC(=O)C(C)(C)C)CCCOC1. The Labute approximate surface area is 121 Å². The third-order valence-electron chi connectivity index (χ3n) is 2.89. The zero-order chi connectivity index (χ0) is 14.7. The van der Waals surface area contributed by atoms with Crippen LogP contribution >= 0.6 is 11.8 Å². The van der Waals surface area contributed by atoms with Crippen LogP contribution in [0.15, 0.2) is 0 Å². The quantitative estimate of drug-likeness (QED) is 0.743. The van der Waals surface area contributed by atoms with E-state index in [0.29, 0.717) is 13.2 Å². The molecule has 0 spiro atoms. The van der Waals surface area contributed by atoms with E-state index in [1.54, 1.807) is 0 Å². The van der Waals surface area contributed by atoms with Gasteiger partial charge in [-0.05, 0) is 33.6 Å². The standard InChI is InChI=1S/C15H28O3S/c1-13(2,3)12(16)18-11-15(19-14(4,5)6)8-7-9-17-10-15/h7-11H2,1-6H3. The maximum atomic E-state index is 11.9. The fraction of sp³-hybridized carbons (Fsp3) is 0.933. The Bertz CT molecular complexity index is 306. The smallest absolute Gasteiger partial charge is 0.311 e. The number of ether oxygens (including phenoxy) is 2. The van der Waals surface area contributed by atoms with Crippen molar-refractivity contribution in [2.24, 2.45) is 5.41 Å². The lowest BCUT2D eigenvalue weighted by atomic mass is 9.97. The second kappa shape index (κ2) is 6.04. The van der Waals surface area contributed by atoms with Crippen molar-refractivity contribution in [3.63, 3.8) is 0 Å². The number of hydrogen-bond donors (Lipinski definition) is 0. The summed E-state index contributed by atoms with van der Waals surface area (Å²) in [5, 5.41) is 0. The lowest BCUT2D eigenvalue weighted by Gasteiger charge is -2.40. The molecule has 0 bridgehead atoms. The summed E-state index contributed by atoms with van der Waals surface area (Å²) >= 11 is 1.88. The summed E-state index contributed by atoms with van der Waals surface area (Å²) in [6, 6.07) is 0. The molecule has 1 saturated heterocycles. The summed E-state index contributed by atoms with van der Waals surface area (Å²) in [5.74, 6) is -0.132. The molecule has 0 aromatic heterocycles. The molecule has 1 fully saturated rings. The van der Waals surface area contributed by atoms with Crippen LogP contribution in [0.1, 0.15) is 54.4 Å². The number of carbonyl (C=O) groups excluding carboxylic acids is 1. The fourth-order valence-corrected chi connectivity index (χ4v) is 3.92. The van der Waals surface area contributed by atoms with Crippen LogP contribution in [0.3, 0.4) is 0 Å². The van der Waals surface area contributed by atoms with Gasteiger partial charge >= 0.3 is 5.97 Å². The van der Waals surface area contributed by atoms with Crippen LogP contribution in [-0.2, 0) is 14.3 Å². The Morgan fingerprint density at radius 3 is 2.32 bits per heavy atom. The highest BCUT2D eigenvalue weighted by molar-refractivity contribution is 8.02. The summed E-state index contributed by atoms with van der Waals surface area (Å²) < 4.78 is 11.2. The Balaban J connectivity index is 2.67. The number of esters is 1. The van der Waals surface area contributed by atoms with Crippen molar-refractivity contribution in [3.8, 4) is 0 Å². The first-order valence-electron chi connectivity index (χ1n) is 6.99. The van der Waals surface area contributed by atoms with E-state index in [1.807, 2.05) is 32.5 Å². The largest absolute Gasteiger partial charge is 0.464 e. The van der Waals surface area contributed by atoms with Gasteiger partial charge in [0.15, 0.2) is 0 Å². The summed E-state index contributed by atoms with van der Waals surface area (Å²) in [6.45, 7) is 14.2. The Kier molecular flexibility index (Phi) is 5.35. The molecule has 1 aliphatic rings. The maximum absolute atomic E-state index is 11.9. The molecule has 0 aliphatic carbocycles. The third-order valence-corrected chi connectivity index (χ3v) is 4.37. The zero-order valence-corrected chi connectivity index (χ0v) is 14.0. The van der Waals surface area contributed by atoms with Gasteiger partial charge in [0, 0.05) is 11.4 Å². The molecular weight excluding hydrogens is 260 g/mol. The third kappa shape index (κ3) is 5.74. The predicted molar refractivity (Wildman–Crippen MR) is 80.5 cm³/mol. The highest BCUT2D eigenvalue weighted by atomic mass is 32.2. The minimum atomic E-state index is -0.441. The van der Waals surface area contributed by atoms with Gasteiger partial charge in [-0.2, -0.15) is 0 Å².